The molecular weight excluding hydrogens is 272 g/mol. The zero-order chi connectivity index (χ0) is 14.7. The maximum absolute atomic E-state index is 12.2. The lowest BCUT2D eigenvalue weighted by Crippen LogP contribution is -2.52. The predicted octanol–water partition coefficient (Wildman–Crippen LogP) is -0.247. The molecule has 0 unspecified atom stereocenters. The van der Waals surface area contributed by atoms with E-state index in [1.165, 1.54) is 25.5 Å². The van der Waals surface area contributed by atoms with E-state index in [2.05, 4.69) is 20.2 Å². The highest BCUT2D eigenvalue weighted by Gasteiger charge is 2.34. The highest BCUT2D eigenvalue weighted by Crippen LogP contribution is 2.19. The van der Waals surface area contributed by atoms with Gasteiger partial charge in [0.05, 0.1) is 31.5 Å². The molecule has 2 aliphatic heterocycles. The van der Waals surface area contributed by atoms with E-state index in [-0.39, 0.29) is 29.2 Å². The van der Waals surface area contributed by atoms with Gasteiger partial charge in [0.15, 0.2) is 0 Å². The van der Waals surface area contributed by atoms with Crippen LogP contribution < -0.4 is 10.9 Å². The first-order valence-corrected chi connectivity index (χ1v) is 7.41. The van der Waals surface area contributed by atoms with Crippen LogP contribution in [0.1, 0.15) is 29.8 Å². The lowest BCUT2D eigenvalue weighted by atomic mass is 10.0. The minimum atomic E-state index is -0.318. The predicted molar refractivity (Wildman–Crippen MR) is 76.1 cm³/mol. The summed E-state index contributed by atoms with van der Waals surface area (Å²) in [5.74, 6) is -0.274. The summed E-state index contributed by atoms with van der Waals surface area (Å²) >= 11 is 0. The van der Waals surface area contributed by atoms with Crippen molar-refractivity contribution in [3.05, 3.63) is 28.4 Å². The first-order chi connectivity index (χ1) is 10.2. The van der Waals surface area contributed by atoms with Crippen LogP contribution in [-0.4, -0.2) is 59.2 Å². The summed E-state index contributed by atoms with van der Waals surface area (Å²) < 4.78 is 5.54. The Balaban J connectivity index is 1.64. The van der Waals surface area contributed by atoms with Gasteiger partial charge in [-0.15, -0.1) is 0 Å². The fourth-order valence-corrected chi connectivity index (χ4v) is 3.00. The van der Waals surface area contributed by atoms with E-state index in [0.29, 0.717) is 13.2 Å². The number of rotatable bonds is 3. The molecule has 114 valence electrons. The third kappa shape index (κ3) is 3.30. The van der Waals surface area contributed by atoms with Gasteiger partial charge in [-0.1, -0.05) is 6.42 Å². The van der Waals surface area contributed by atoms with Gasteiger partial charge in [-0.3, -0.25) is 14.5 Å². The Morgan fingerprint density at radius 3 is 2.86 bits per heavy atom. The number of aromatic amines is 1. The quantitative estimate of drug-likeness (QED) is 0.802. The molecule has 2 fully saturated rings. The molecular formula is C14H20N4O3. The van der Waals surface area contributed by atoms with Gasteiger partial charge in [-0.25, -0.2) is 4.98 Å². The molecule has 7 heteroatoms. The minimum absolute atomic E-state index is 0.0238. The van der Waals surface area contributed by atoms with Crippen molar-refractivity contribution >= 4 is 5.91 Å². The standard InChI is InChI=1S/C14H20N4O3/c19-13-7-15-10(6-16-13)14(20)17-11-8-21-9-12(11)18-4-2-1-3-5-18/h6-7,11-12H,1-5,8-9H2,(H,16,19)(H,17,20)/t11-,12-/m0/s1. The Morgan fingerprint density at radius 1 is 1.33 bits per heavy atom. The van der Waals surface area contributed by atoms with E-state index in [4.69, 9.17) is 4.74 Å². The van der Waals surface area contributed by atoms with Crippen LogP contribution in [0.4, 0.5) is 0 Å². The van der Waals surface area contributed by atoms with Crippen LogP contribution in [0.25, 0.3) is 0 Å². The van der Waals surface area contributed by atoms with Gasteiger partial charge in [-0.05, 0) is 25.9 Å². The summed E-state index contributed by atoms with van der Waals surface area (Å²) in [5, 5.41) is 2.97. The van der Waals surface area contributed by atoms with Crippen LogP contribution in [0.5, 0.6) is 0 Å². The molecule has 2 N–H and O–H groups in total. The van der Waals surface area contributed by atoms with Crippen molar-refractivity contribution in [2.75, 3.05) is 26.3 Å². The SMILES string of the molecule is O=C(N[C@H]1COC[C@@H]1N1CCCCC1)c1c[nH]c(=O)cn1. The van der Waals surface area contributed by atoms with Crippen molar-refractivity contribution in [1.82, 2.24) is 20.2 Å². The molecule has 0 saturated carbocycles. The summed E-state index contributed by atoms with van der Waals surface area (Å²) in [7, 11) is 0. The highest BCUT2D eigenvalue weighted by molar-refractivity contribution is 5.92. The molecule has 1 aromatic rings. The molecule has 1 amide bonds. The average Bonchev–Trinajstić information content (AvgIpc) is 2.97. The van der Waals surface area contributed by atoms with Crippen LogP contribution in [0.3, 0.4) is 0 Å². The summed E-state index contributed by atoms with van der Waals surface area (Å²) in [6, 6.07) is 0.210. The molecule has 2 atom stereocenters. The largest absolute Gasteiger partial charge is 0.378 e. The number of nitrogens with one attached hydrogen (secondary N) is 2. The maximum Gasteiger partial charge on any atom is 0.271 e. The molecule has 2 aliphatic rings. The Bertz CT molecular complexity index is 533. The van der Waals surface area contributed by atoms with Gasteiger partial charge in [0.1, 0.15) is 5.69 Å². The molecule has 0 aromatic carbocycles. The van der Waals surface area contributed by atoms with Gasteiger partial charge in [0, 0.05) is 6.20 Å². The zero-order valence-corrected chi connectivity index (χ0v) is 11.9. The summed E-state index contributed by atoms with van der Waals surface area (Å²) in [5.41, 5.74) is -0.0964. The Labute approximate surface area is 122 Å². The van der Waals surface area contributed by atoms with Gasteiger partial charge < -0.3 is 15.0 Å². The van der Waals surface area contributed by atoms with Crippen molar-refractivity contribution in [2.45, 2.75) is 31.3 Å². The second kappa shape index (κ2) is 6.36. The first-order valence-electron chi connectivity index (χ1n) is 7.41. The average molecular weight is 292 g/mol. The monoisotopic (exact) mass is 292 g/mol. The van der Waals surface area contributed by atoms with Gasteiger partial charge in [0.25, 0.3) is 11.5 Å². The van der Waals surface area contributed by atoms with Crippen LogP contribution in [-0.2, 0) is 4.74 Å². The number of H-pyrrole nitrogens is 1. The lowest BCUT2D eigenvalue weighted by Gasteiger charge is -2.34. The van der Waals surface area contributed by atoms with Crippen LogP contribution >= 0.6 is 0 Å². The van der Waals surface area contributed by atoms with E-state index in [1.54, 1.807) is 0 Å². The number of likely N-dealkylation sites (tertiary alicyclic amines) is 1. The van der Waals surface area contributed by atoms with Crippen molar-refractivity contribution in [1.29, 1.82) is 0 Å². The molecule has 2 saturated heterocycles. The molecule has 7 nitrogen and oxygen atoms in total. The number of piperidine rings is 1. The Hall–Kier alpha value is -1.73. The van der Waals surface area contributed by atoms with Gasteiger partial charge in [-0.2, -0.15) is 0 Å². The van der Waals surface area contributed by atoms with E-state index in [9.17, 15) is 9.59 Å². The fourth-order valence-electron chi connectivity index (χ4n) is 3.00. The molecule has 0 radical (unpaired) electrons. The molecule has 0 bridgehead atoms. The highest BCUT2D eigenvalue weighted by atomic mass is 16.5. The molecule has 21 heavy (non-hydrogen) atoms. The molecule has 1 aromatic heterocycles. The third-order valence-electron chi connectivity index (χ3n) is 4.13. The molecule has 3 heterocycles. The van der Waals surface area contributed by atoms with Crippen molar-refractivity contribution in [2.24, 2.45) is 0 Å². The third-order valence-corrected chi connectivity index (χ3v) is 4.13. The van der Waals surface area contributed by atoms with E-state index in [1.807, 2.05) is 0 Å². The number of nitrogens with zero attached hydrogens (tertiary/aromatic N) is 2. The molecule has 3 rings (SSSR count). The Kier molecular flexibility index (Phi) is 4.31. The van der Waals surface area contributed by atoms with E-state index < -0.39 is 0 Å². The van der Waals surface area contributed by atoms with E-state index in [0.717, 1.165) is 19.3 Å². The fraction of sp³-hybridized carbons (Fsp3) is 0.643. The number of hydrogen-bond acceptors (Lipinski definition) is 5. The summed E-state index contributed by atoms with van der Waals surface area (Å²) in [6.45, 7) is 3.31. The summed E-state index contributed by atoms with van der Waals surface area (Å²) in [6.07, 6.45) is 6.14. The topological polar surface area (TPSA) is 87.3 Å². The second-order valence-electron chi connectivity index (χ2n) is 5.58. The van der Waals surface area contributed by atoms with E-state index >= 15 is 0 Å². The molecule has 0 spiro atoms. The van der Waals surface area contributed by atoms with Crippen LogP contribution in [0.15, 0.2) is 17.2 Å². The van der Waals surface area contributed by atoms with Crippen molar-refractivity contribution in [3.8, 4) is 0 Å². The molecule has 0 aliphatic carbocycles. The number of aromatic nitrogens is 2. The zero-order valence-electron chi connectivity index (χ0n) is 11.9. The van der Waals surface area contributed by atoms with Crippen molar-refractivity contribution in [3.63, 3.8) is 0 Å². The number of carbonyl (C=O) groups is 1. The Morgan fingerprint density at radius 2 is 2.14 bits per heavy atom. The van der Waals surface area contributed by atoms with Gasteiger partial charge >= 0.3 is 0 Å². The first kappa shape index (κ1) is 14.2. The number of amides is 1. The smallest absolute Gasteiger partial charge is 0.271 e. The van der Waals surface area contributed by atoms with Crippen LogP contribution in [0.2, 0.25) is 0 Å². The van der Waals surface area contributed by atoms with Crippen molar-refractivity contribution < 1.29 is 9.53 Å². The minimum Gasteiger partial charge on any atom is -0.378 e. The van der Waals surface area contributed by atoms with Crippen LogP contribution in [0, 0.1) is 0 Å². The number of ether oxygens (including phenoxy) is 1. The summed E-state index contributed by atoms with van der Waals surface area (Å²) in [4.78, 5) is 31.9. The lowest BCUT2D eigenvalue weighted by molar-refractivity contribution is 0.0894. The number of hydrogen-bond donors (Lipinski definition) is 2. The normalized spacial score (nSPS) is 26.7. The maximum atomic E-state index is 12.2. The second-order valence-corrected chi connectivity index (χ2v) is 5.58. The van der Waals surface area contributed by atoms with Gasteiger partial charge in [0.2, 0.25) is 0 Å². The number of carbonyl (C=O) groups excluding carboxylic acids is 1.